The number of ether oxygens (including phenoxy) is 3. The SMILES string of the molecule is CO[C@H]1[C@H](C)OC(=O)[C@@H](N)CCCC[C@@H]1OC.Cl. The molecule has 1 aliphatic rings. The van der Waals surface area contributed by atoms with Crippen molar-refractivity contribution in [1.82, 2.24) is 0 Å². The van der Waals surface area contributed by atoms with Crippen LogP contribution in [0.2, 0.25) is 0 Å². The van der Waals surface area contributed by atoms with Crippen molar-refractivity contribution < 1.29 is 19.0 Å². The maximum Gasteiger partial charge on any atom is 0.323 e. The van der Waals surface area contributed by atoms with Crippen LogP contribution < -0.4 is 5.73 Å². The second-order valence-corrected chi connectivity index (χ2v) is 4.51. The fraction of sp³-hybridized carbons (Fsp3) is 0.917. The molecule has 0 aromatic rings. The average Bonchev–Trinajstić information content (AvgIpc) is 2.31. The Morgan fingerprint density at radius 1 is 1.22 bits per heavy atom. The number of hydrogen-bond donors (Lipinski definition) is 1. The van der Waals surface area contributed by atoms with E-state index in [-0.39, 0.29) is 36.7 Å². The van der Waals surface area contributed by atoms with Gasteiger partial charge in [-0.1, -0.05) is 12.8 Å². The fourth-order valence-electron chi connectivity index (χ4n) is 2.23. The highest BCUT2D eigenvalue weighted by Gasteiger charge is 2.31. The first kappa shape index (κ1) is 17.6. The summed E-state index contributed by atoms with van der Waals surface area (Å²) in [6.45, 7) is 1.81. The van der Waals surface area contributed by atoms with Crippen LogP contribution in [-0.4, -0.2) is 44.5 Å². The summed E-state index contributed by atoms with van der Waals surface area (Å²) in [5.74, 6) is -0.351. The molecule has 0 saturated carbocycles. The molecule has 0 bridgehead atoms. The largest absolute Gasteiger partial charge is 0.459 e. The smallest absolute Gasteiger partial charge is 0.323 e. The van der Waals surface area contributed by atoms with Crippen molar-refractivity contribution in [3.05, 3.63) is 0 Å². The second-order valence-electron chi connectivity index (χ2n) is 4.51. The zero-order valence-electron chi connectivity index (χ0n) is 11.3. The zero-order valence-corrected chi connectivity index (χ0v) is 12.1. The summed E-state index contributed by atoms with van der Waals surface area (Å²) >= 11 is 0. The van der Waals surface area contributed by atoms with E-state index < -0.39 is 6.04 Å². The number of methoxy groups -OCH3 is 2. The van der Waals surface area contributed by atoms with Gasteiger partial charge in [-0.3, -0.25) is 4.79 Å². The monoisotopic (exact) mass is 281 g/mol. The van der Waals surface area contributed by atoms with Crippen molar-refractivity contribution in [2.24, 2.45) is 5.73 Å². The maximum atomic E-state index is 11.7. The van der Waals surface area contributed by atoms with Crippen LogP contribution in [0.1, 0.15) is 32.6 Å². The quantitative estimate of drug-likeness (QED) is 0.772. The Hall–Kier alpha value is -0.360. The van der Waals surface area contributed by atoms with Crippen LogP contribution in [0, 0.1) is 0 Å². The Balaban J connectivity index is 0.00000289. The topological polar surface area (TPSA) is 70.8 Å². The molecule has 1 fully saturated rings. The Bertz CT molecular complexity index is 252. The Labute approximate surface area is 115 Å². The van der Waals surface area contributed by atoms with Gasteiger partial charge in [-0.05, 0) is 19.8 Å². The summed E-state index contributed by atoms with van der Waals surface area (Å²) < 4.78 is 16.1. The Kier molecular flexibility index (Phi) is 8.52. The van der Waals surface area contributed by atoms with Gasteiger partial charge in [0.1, 0.15) is 18.2 Å². The Morgan fingerprint density at radius 2 is 1.83 bits per heavy atom. The molecule has 0 radical (unpaired) electrons. The minimum Gasteiger partial charge on any atom is -0.459 e. The lowest BCUT2D eigenvalue weighted by molar-refractivity contribution is -0.165. The minimum absolute atomic E-state index is 0. The highest BCUT2D eigenvalue weighted by molar-refractivity contribution is 5.85. The molecular weight excluding hydrogens is 258 g/mol. The standard InChI is InChI=1S/C12H23NO4.ClH/c1-8-11(16-3)10(15-2)7-5-4-6-9(13)12(14)17-8;/h8-11H,4-7,13H2,1-3H3;1H/t8-,9-,10-,11-;/m0./s1. The average molecular weight is 282 g/mol. The van der Waals surface area contributed by atoms with E-state index >= 15 is 0 Å². The summed E-state index contributed by atoms with van der Waals surface area (Å²) in [5, 5.41) is 0. The summed E-state index contributed by atoms with van der Waals surface area (Å²) in [6.07, 6.45) is 2.81. The molecule has 0 aromatic carbocycles. The normalized spacial score (nSPS) is 34.3. The molecule has 108 valence electrons. The molecule has 18 heavy (non-hydrogen) atoms. The van der Waals surface area contributed by atoms with Crippen molar-refractivity contribution in [1.29, 1.82) is 0 Å². The number of halogens is 1. The van der Waals surface area contributed by atoms with Crippen LogP contribution in [0.25, 0.3) is 0 Å². The number of esters is 1. The molecule has 0 unspecified atom stereocenters. The maximum absolute atomic E-state index is 11.7. The van der Waals surface area contributed by atoms with Gasteiger partial charge in [0.25, 0.3) is 0 Å². The van der Waals surface area contributed by atoms with Gasteiger partial charge in [0.15, 0.2) is 0 Å². The van der Waals surface area contributed by atoms with Crippen molar-refractivity contribution in [2.45, 2.75) is 57.0 Å². The van der Waals surface area contributed by atoms with E-state index in [0.717, 1.165) is 19.3 Å². The zero-order chi connectivity index (χ0) is 12.8. The molecule has 1 heterocycles. The van der Waals surface area contributed by atoms with Crippen LogP contribution in [0.3, 0.4) is 0 Å². The van der Waals surface area contributed by atoms with Crippen molar-refractivity contribution in [3.63, 3.8) is 0 Å². The van der Waals surface area contributed by atoms with Gasteiger partial charge in [-0.2, -0.15) is 0 Å². The second kappa shape index (κ2) is 8.69. The van der Waals surface area contributed by atoms with E-state index in [1.54, 1.807) is 14.2 Å². The molecule has 5 nitrogen and oxygen atoms in total. The number of hydrogen-bond acceptors (Lipinski definition) is 5. The molecule has 1 rings (SSSR count). The van der Waals surface area contributed by atoms with Gasteiger partial charge in [0, 0.05) is 14.2 Å². The van der Waals surface area contributed by atoms with Crippen molar-refractivity contribution >= 4 is 18.4 Å². The van der Waals surface area contributed by atoms with Gasteiger partial charge in [-0.15, -0.1) is 12.4 Å². The summed E-state index contributed by atoms with van der Waals surface area (Å²) in [4.78, 5) is 11.7. The predicted octanol–water partition coefficient (Wildman–Crippen LogP) is 1.27. The summed E-state index contributed by atoms with van der Waals surface area (Å²) in [6, 6.07) is -0.519. The lowest BCUT2D eigenvalue weighted by Gasteiger charge is -2.31. The highest BCUT2D eigenvalue weighted by atomic mass is 35.5. The molecule has 0 spiro atoms. The third kappa shape index (κ3) is 4.72. The van der Waals surface area contributed by atoms with Gasteiger partial charge in [0.2, 0.25) is 0 Å². The summed E-state index contributed by atoms with van der Waals surface area (Å²) in [7, 11) is 3.26. The highest BCUT2D eigenvalue weighted by Crippen LogP contribution is 2.19. The van der Waals surface area contributed by atoms with Crippen LogP contribution in [0.5, 0.6) is 0 Å². The van der Waals surface area contributed by atoms with Gasteiger partial charge in [-0.25, -0.2) is 0 Å². The molecule has 2 N–H and O–H groups in total. The van der Waals surface area contributed by atoms with Crippen molar-refractivity contribution in [2.75, 3.05) is 14.2 Å². The van der Waals surface area contributed by atoms with Crippen LogP contribution in [-0.2, 0) is 19.0 Å². The first-order valence-electron chi connectivity index (χ1n) is 6.11. The van der Waals surface area contributed by atoms with Gasteiger partial charge in [0.05, 0.1) is 6.10 Å². The number of rotatable bonds is 2. The van der Waals surface area contributed by atoms with E-state index in [2.05, 4.69) is 0 Å². The van der Waals surface area contributed by atoms with E-state index in [1.807, 2.05) is 6.92 Å². The van der Waals surface area contributed by atoms with Gasteiger partial charge >= 0.3 is 5.97 Å². The van der Waals surface area contributed by atoms with E-state index in [4.69, 9.17) is 19.9 Å². The third-order valence-electron chi connectivity index (χ3n) is 3.26. The third-order valence-corrected chi connectivity index (χ3v) is 3.26. The van der Waals surface area contributed by atoms with Crippen LogP contribution in [0.15, 0.2) is 0 Å². The molecule has 1 aliphatic heterocycles. The number of cyclic esters (lactones) is 1. The fourth-order valence-corrected chi connectivity index (χ4v) is 2.23. The number of carbonyl (C=O) groups is 1. The van der Waals surface area contributed by atoms with Gasteiger partial charge < -0.3 is 19.9 Å². The van der Waals surface area contributed by atoms with Crippen molar-refractivity contribution in [3.8, 4) is 0 Å². The summed E-state index contributed by atoms with van der Waals surface area (Å²) in [5.41, 5.74) is 5.74. The number of nitrogens with two attached hydrogens (primary N) is 1. The molecule has 0 amide bonds. The molecular formula is C12H24ClNO4. The van der Waals surface area contributed by atoms with Crippen LogP contribution in [0.4, 0.5) is 0 Å². The lowest BCUT2D eigenvalue weighted by atomic mass is 9.99. The van der Waals surface area contributed by atoms with E-state index in [9.17, 15) is 4.79 Å². The first-order valence-corrected chi connectivity index (χ1v) is 6.11. The van der Waals surface area contributed by atoms with Crippen LogP contribution >= 0.6 is 12.4 Å². The van der Waals surface area contributed by atoms with E-state index in [1.165, 1.54) is 0 Å². The molecule has 1 saturated heterocycles. The first-order chi connectivity index (χ1) is 8.10. The molecule has 4 atom stereocenters. The molecule has 0 aliphatic carbocycles. The molecule has 6 heteroatoms. The van der Waals surface area contributed by atoms with E-state index in [0.29, 0.717) is 6.42 Å². The lowest BCUT2D eigenvalue weighted by Crippen LogP contribution is -2.44. The number of carbonyl (C=O) groups excluding carboxylic acids is 1. The molecule has 0 aromatic heterocycles. The Morgan fingerprint density at radius 3 is 2.39 bits per heavy atom. The minimum atomic E-state index is -0.519. The predicted molar refractivity (Wildman–Crippen MR) is 70.8 cm³/mol.